The molecule has 2 rings (SSSR count). The van der Waals surface area contributed by atoms with Crippen LogP contribution in [0.1, 0.15) is 45.4 Å². The summed E-state index contributed by atoms with van der Waals surface area (Å²) in [7, 11) is 0. The number of thioether (sulfide) groups is 1. The molecule has 114 valence electrons. The van der Waals surface area contributed by atoms with Gasteiger partial charge < -0.3 is 15.7 Å². The number of carboxylic acid groups (broad SMARTS) is 1. The smallest absolute Gasteiger partial charge is 0.329 e. The van der Waals surface area contributed by atoms with Gasteiger partial charge in [0.1, 0.15) is 5.54 Å². The molecule has 1 aliphatic heterocycles. The van der Waals surface area contributed by atoms with Crippen LogP contribution in [0.2, 0.25) is 0 Å². The van der Waals surface area contributed by atoms with E-state index in [0.717, 1.165) is 37.2 Å². The van der Waals surface area contributed by atoms with Gasteiger partial charge in [0, 0.05) is 11.8 Å². The molecule has 2 fully saturated rings. The summed E-state index contributed by atoms with van der Waals surface area (Å²) in [4.78, 5) is 23.7. The Morgan fingerprint density at radius 3 is 2.70 bits per heavy atom. The summed E-state index contributed by atoms with van der Waals surface area (Å²) in [6.07, 6.45) is 5.03. The molecule has 1 heterocycles. The maximum absolute atomic E-state index is 12.1. The van der Waals surface area contributed by atoms with Crippen molar-refractivity contribution >= 4 is 23.8 Å². The fourth-order valence-electron chi connectivity index (χ4n) is 3.21. The van der Waals surface area contributed by atoms with Gasteiger partial charge in [-0.25, -0.2) is 9.59 Å². The zero-order valence-electron chi connectivity index (χ0n) is 12.0. The van der Waals surface area contributed by atoms with E-state index in [1.807, 2.05) is 18.7 Å². The Kier molecular flexibility index (Phi) is 5.18. The van der Waals surface area contributed by atoms with Gasteiger partial charge in [-0.05, 0) is 37.4 Å². The van der Waals surface area contributed by atoms with E-state index < -0.39 is 11.5 Å². The number of carbonyl (C=O) groups is 2. The quantitative estimate of drug-likeness (QED) is 0.747. The highest BCUT2D eigenvalue weighted by Gasteiger charge is 2.43. The van der Waals surface area contributed by atoms with Crippen LogP contribution in [0.15, 0.2) is 0 Å². The molecule has 0 radical (unpaired) electrons. The lowest BCUT2D eigenvalue weighted by molar-refractivity contribution is -0.146. The van der Waals surface area contributed by atoms with E-state index >= 15 is 0 Å². The summed E-state index contributed by atoms with van der Waals surface area (Å²) in [5, 5.41) is 15.2. The number of hydrogen-bond donors (Lipinski definition) is 3. The molecule has 0 aromatic carbocycles. The first-order valence-electron chi connectivity index (χ1n) is 7.42. The molecule has 3 atom stereocenters. The number of carbonyl (C=O) groups excluding carboxylic acids is 1. The second kappa shape index (κ2) is 6.70. The third-order valence-electron chi connectivity index (χ3n) is 4.26. The Morgan fingerprint density at radius 1 is 1.30 bits per heavy atom. The molecule has 1 saturated heterocycles. The summed E-state index contributed by atoms with van der Waals surface area (Å²) in [5.74, 6) is 1.50. The van der Waals surface area contributed by atoms with Crippen molar-refractivity contribution in [2.24, 2.45) is 5.92 Å². The zero-order valence-corrected chi connectivity index (χ0v) is 12.8. The second-order valence-corrected chi connectivity index (χ2v) is 7.25. The first-order chi connectivity index (χ1) is 9.52. The molecular formula is C14H24N2O3S. The predicted octanol–water partition coefficient (Wildman–Crippen LogP) is 2.21. The number of amides is 2. The SMILES string of the molecule is CC1CCCC(NC(=O)NC2CCCSC2)(C(=O)O)C1. The summed E-state index contributed by atoms with van der Waals surface area (Å²) in [5.41, 5.74) is -1.08. The normalized spacial score (nSPS) is 34.2. The van der Waals surface area contributed by atoms with Crippen molar-refractivity contribution < 1.29 is 14.7 Å². The van der Waals surface area contributed by atoms with Crippen LogP contribution in [-0.4, -0.2) is 40.2 Å². The minimum absolute atomic E-state index is 0.167. The predicted molar refractivity (Wildman–Crippen MR) is 80.0 cm³/mol. The molecule has 1 saturated carbocycles. The van der Waals surface area contributed by atoms with E-state index in [0.29, 0.717) is 18.8 Å². The fraction of sp³-hybridized carbons (Fsp3) is 0.857. The van der Waals surface area contributed by atoms with Crippen molar-refractivity contribution in [1.29, 1.82) is 0 Å². The molecule has 2 amide bonds. The maximum atomic E-state index is 12.1. The Morgan fingerprint density at radius 2 is 2.10 bits per heavy atom. The summed E-state index contributed by atoms with van der Waals surface area (Å²) in [6.45, 7) is 2.05. The Balaban J connectivity index is 1.93. The van der Waals surface area contributed by atoms with Gasteiger partial charge in [0.05, 0.1) is 0 Å². The van der Waals surface area contributed by atoms with Crippen molar-refractivity contribution in [2.75, 3.05) is 11.5 Å². The zero-order chi connectivity index (χ0) is 14.6. The van der Waals surface area contributed by atoms with Gasteiger partial charge in [-0.3, -0.25) is 0 Å². The van der Waals surface area contributed by atoms with Crippen LogP contribution in [0.25, 0.3) is 0 Å². The number of urea groups is 1. The second-order valence-electron chi connectivity index (χ2n) is 6.10. The monoisotopic (exact) mass is 300 g/mol. The van der Waals surface area contributed by atoms with Gasteiger partial charge in [-0.15, -0.1) is 0 Å². The highest BCUT2D eigenvalue weighted by molar-refractivity contribution is 7.99. The molecule has 0 spiro atoms. The minimum Gasteiger partial charge on any atom is -0.480 e. The lowest BCUT2D eigenvalue weighted by Gasteiger charge is -2.37. The van der Waals surface area contributed by atoms with Gasteiger partial charge in [-0.2, -0.15) is 11.8 Å². The van der Waals surface area contributed by atoms with Crippen molar-refractivity contribution in [1.82, 2.24) is 10.6 Å². The first kappa shape index (κ1) is 15.5. The molecule has 5 nitrogen and oxygen atoms in total. The van der Waals surface area contributed by atoms with Crippen LogP contribution in [0.5, 0.6) is 0 Å². The number of hydrogen-bond acceptors (Lipinski definition) is 3. The summed E-state index contributed by atoms with van der Waals surface area (Å²) >= 11 is 1.84. The number of rotatable bonds is 3. The molecule has 20 heavy (non-hydrogen) atoms. The average Bonchev–Trinajstić information content (AvgIpc) is 2.39. The molecule has 2 aliphatic rings. The number of aliphatic carboxylic acids is 1. The summed E-state index contributed by atoms with van der Waals surface area (Å²) in [6, 6.07) is -0.158. The topological polar surface area (TPSA) is 78.4 Å². The van der Waals surface area contributed by atoms with Crippen molar-refractivity contribution in [3.8, 4) is 0 Å². The van der Waals surface area contributed by atoms with Crippen LogP contribution in [0.3, 0.4) is 0 Å². The van der Waals surface area contributed by atoms with Crippen LogP contribution in [-0.2, 0) is 4.79 Å². The maximum Gasteiger partial charge on any atom is 0.329 e. The third kappa shape index (κ3) is 3.81. The molecule has 0 aromatic rings. The van der Waals surface area contributed by atoms with E-state index in [2.05, 4.69) is 10.6 Å². The van der Waals surface area contributed by atoms with E-state index in [1.165, 1.54) is 0 Å². The molecule has 3 unspecified atom stereocenters. The Hall–Kier alpha value is -0.910. The van der Waals surface area contributed by atoms with Crippen molar-refractivity contribution in [3.05, 3.63) is 0 Å². The van der Waals surface area contributed by atoms with E-state index in [1.54, 1.807) is 0 Å². The third-order valence-corrected chi connectivity index (χ3v) is 5.47. The standard InChI is InChI=1S/C14H24N2O3S/c1-10-4-2-6-14(8-10,12(17)18)16-13(19)15-11-5-3-7-20-9-11/h10-11H,2-9H2,1H3,(H,17,18)(H2,15,16,19). The molecular weight excluding hydrogens is 276 g/mol. The lowest BCUT2D eigenvalue weighted by atomic mass is 9.76. The van der Waals surface area contributed by atoms with Crippen molar-refractivity contribution in [3.63, 3.8) is 0 Å². The van der Waals surface area contributed by atoms with Crippen molar-refractivity contribution in [2.45, 2.75) is 57.0 Å². The molecule has 1 aliphatic carbocycles. The van der Waals surface area contributed by atoms with Gasteiger partial charge in [0.2, 0.25) is 0 Å². The molecule has 0 aromatic heterocycles. The van der Waals surface area contributed by atoms with E-state index in [4.69, 9.17) is 0 Å². The van der Waals surface area contributed by atoms with Crippen LogP contribution in [0, 0.1) is 5.92 Å². The van der Waals surface area contributed by atoms with E-state index in [-0.39, 0.29) is 12.1 Å². The van der Waals surface area contributed by atoms with Crippen LogP contribution < -0.4 is 10.6 Å². The molecule has 0 bridgehead atoms. The van der Waals surface area contributed by atoms with Crippen LogP contribution >= 0.6 is 11.8 Å². The van der Waals surface area contributed by atoms with Gasteiger partial charge in [-0.1, -0.05) is 19.8 Å². The fourth-order valence-corrected chi connectivity index (χ4v) is 4.28. The van der Waals surface area contributed by atoms with Gasteiger partial charge >= 0.3 is 12.0 Å². The van der Waals surface area contributed by atoms with E-state index in [9.17, 15) is 14.7 Å². The molecule has 6 heteroatoms. The van der Waals surface area contributed by atoms with Gasteiger partial charge in [0.15, 0.2) is 0 Å². The average molecular weight is 300 g/mol. The summed E-state index contributed by atoms with van der Waals surface area (Å²) < 4.78 is 0. The lowest BCUT2D eigenvalue weighted by Crippen LogP contribution is -2.60. The largest absolute Gasteiger partial charge is 0.480 e. The minimum atomic E-state index is -1.08. The van der Waals surface area contributed by atoms with Gasteiger partial charge in [0.25, 0.3) is 0 Å². The highest BCUT2D eigenvalue weighted by atomic mass is 32.2. The molecule has 3 N–H and O–H groups in total. The first-order valence-corrected chi connectivity index (χ1v) is 8.57. The van der Waals surface area contributed by atoms with Crippen LogP contribution in [0.4, 0.5) is 4.79 Å². The number of carboxylic acids is 1. The Bertz CT molecular complexity index is 371. The highest BCUT2D eigenvalue weighted by Crippen LogP contribution is 2.32. The Labute approximate surface area is 124 Å². The number of nitrogens with one attached hydrogen (secondary N) is 2.